The minimum Gasteiger partial charge on any atom is -0.376 e. The molecule has 0 amide bonds. The molecule has 1 N–H and O–H groups in total. The number of aromatic nitrogens is 3. The van der Waals surface area contributed by atoms with E-state index in [1.165, 1.54) is 0 Å². The third-order valence-corrected chi connectivity index (χ3v) is 7.03. The summed E-state index contributed by atoms with van der Waals surface area (Å²) in [6, 6.07) is 17.2. The summed E-state index contributed by atoms with van der Waals surface area (Å²) in [6.07, 6.45) is -0.892. The Labute approximate surface area is 161 Å². The van der Waals surface area contributed by atoms with Crippen molar-refractivity contribution < 1.29 is 9.84 Å². The first kappa shape index (κ1) is 19.3. The second-order valence-corrected chi connectivity index (χ2v) is 12.6. The Morgan fingerprint density at radius 3 is 2.44 bits per heavy atom. The Bertz CT molecular complexity index is 969. The van der Waals surface area contributed by atoms with Crippen LogP contribution < -0.4 is 0 Å². The molecule has 2 atom stereocenters. The highest BCUT2D eigenvalue weighted by Crippen LogP contribution is 2.32. The molecule has 0 aliphatic carbocycles. The highest BCUT2D eigenvalue weighted by molar-refractivity contribution is 6.78. The summed E-state index contributed by atoms with van der Waals surface area (Å²) >= 11 is 0. The van der Waals surface area contributed by atoms with Crippen LogP contribution in [-0.4, -0.2) is 34.8 Å². The van der Waals surface area contributed by atoms with Gasteiger partial charge in [0, 0.05) is 6.61 Å². The zero-order valence-corrected chi connectivity index (χ0v) is 17.2. The van der Waals surface area contributed by atoms with Gasteiger partial charge in [-0.3, -0.25) is 0 Å². The van der Waals surface area contributed by atoms with Gasteiger partial charge in [0.2, 0.25) is 5.35 Å². The molecule has 0 aliphatic rings. The Morgan fingerprint density at radius 1 is 1.11 bits per heavy atom. The van der Waals surface area contributed by atoms with E-state index in [1.54, 1.807) is 4.68 Å². The lowest BCUT2D eigenvalue weighted by Crippen LogP contribution is -2.55. The SMILES string of the molecule is CCOC(C#CC(O)c1ccccc1)(n1nnc2ccccc21)[Si](C)(C)C. The Hall–Kier alpha value is -2.46. The Balaban J connectivity index is 2.16. The number of benzene rings is 2. The van der Waals surface area contributed by atoms with E-state index < -0.39 is 19.5 Å². The maximum absolute atomic E-state index is 10.6. The van der Waals surface area contributed by atoms with Crippen LogP contribution in [0.2, 0.25) is 19.6 Å². The molecule has 2 aromatic carbocycles. The fourth-order valence-electron chi connectivity index (χ4n) is 3.07. The average Bonchev–Trinajstić information content (AvgIpc) is 3.09. The van der Waals surface area contributed by atoms with E-state index in [9.17, 15) is 5.11 Å². The molecule has 0 saturated heterocycles. The number of rotatable bonds is 5. The molecule has 5 nitrogen and oxygen atoms in total. The first-order valence-corrected chi connectivity index (χ1v) is 12.6. The van der Waals surface area contributed by atoms with Crippen molar-refractivity contribution in [3.8, 4) is 11.8 Å². The molecule has 0 saturated carbocycles. The number of ether oxygens (including phenoxy) is 1. The van der Waals surface area contributed by atoms with Gasteiger partial charge in [-0.05, 0) is 30.5 Å². The van der Waals surface area contributed by atoms with E-state index in [0.717, 1.165) is 16.6 Å². The zero-order chi connectivity index (χ0) is 19.5. The van der Waals surface area contributed by atoms with E-state index in [1.807, 2.05) is 61.5 Å². The molecule has 1 aromatic heterocycles. The lowest BCUT2D eigenvalue weighted by Gasteiger charge is -2.39. The summed E-state index contributed by atoms with van der Waals surface area (Å²) in [6.45, 7) is 8.98. The number of aliphatic hydroxyl groups is 1. The monoisotopic (exact) mass is 379 g/mol. The number of nitrogens with zero attached hydrogens (tertiary/aromatic N) is 3. The molecule has 0 radical (unpaired) electrons. The number of para-hydroxylation sites is 1. The second kappa shape index (κ2) is 7.65. The summed E-state index contributed by atoms with van der Waals surface area (Å²) in [5.41, 5.74) is 2.43. The van der Waals surface area contributed by atoms with Gasteiger partial charge in [-0.25, -0.2) is 4.68 Å². The van der Waals surface area contributed by atoms with Crippen LogP contribution in [0, 0.1) is 11.8 Å². The minimum atomic E-state index is -2.09. The molecule has 1 heterocycles. The first-order valence-electron chi connectivity index (χ1n) is 9.09. The molecule has 0 bridgehead atoms. The standard InChI is InChI=1S/C21H25N3O2Si/c1-5-26-21(27(2,3)4,16-15-20(25)17-11-7-6-8-12-17)24-19-14-10-9-13-18(19)22-23-24/h6-14,20,25H,5H2,1-4H3. The third kappa shape index (κ3) is 3.67. The fraction of sp³-hybridized carbons (Fsp3) is 0.333. The van der Waals surface area contributed by atoms with Gasteiger partial charge >= 0.3 is 0 Å². The minimum absolute atomic E-state index is 0.481. The quantitative estimate of drug-likeness (QED) is 0.542. The van der Waals surface area contributed by atoms with Crippen LogP contribution >= 0.6 is 0 Å². The lowest BCUT2D eigenvalue weighted by molar-refractivity contribution is -0.00165. The number of hydrogen-bond acceptors (Lipinski definition) is 4. The Morgan fingerprint density at radius 2 is 1.78 bits per heavy atom. The van der Waals surface area contributed by atoms with Crippen LogP contribution in [-0.2, 0) is 10.1 Å². The fourth-order valence-corrected chi connectivity index (χ4v) is 4.89. The molecule has 3 aromatic rings. The van der Waals surface area contributed by atoms with Crippen LogP contribution in [0.4, 0.5) is 0 Å². The molecule has 0 aliphatic heterocycles. The molecule has 0 spiro atoms. The van der Waals surface area contributed by atoms with E-state index in [4.69, 9.17) is 4.74 Å². The molecule has 6 heteroatoms. The van der Waals surface area contributed by atoms with Crippen molar-refractivity contribution in [2.24, 2.45) is 0 Å². The van der Waals surface area contributed by atoms with Gasteiger partial charge in [0.25, 0.3) is 0 Å². The zero-order valence-electron chi connectivity index (χ0n) is 16.2. The van der Waals surface area contributed by atoms with Gasteiger partial charge in [-0.2, -0.15) is 0 Å². The van der Waals surface area contributed by atoms with Crippen molar-refractivity contribution in [3.63, 3.8) is 0 Å². The maximum Gasteiger partial charge on any atom is 0.206 e. The number of aliphatic hydroxyl groups excluding tert-OH is 1. The van der Waals surface area contributed by atoms with Gasteiger partial charge in [0.1, 0.15) is 19.7 Å². The van der Waals surface area contributed by atoms with Gasteiger partial charge in [-0.1, -0.05) is 73.2 Å². The molecular weight excluding hydrogens is 354 g/mol. The van der Waals surface area contributed by atoms with Crippen LogP contribution in [0.25, 0.3) is 11.0 Å². The average molecular weight is 380 g/mol. The topological polar surface area (TPSA) is 60.2 Å². The van der Waals surface area contributed by atoms with Crippen LogP contribution in [0.3, 0.4) is 0 Å². The van der Waals surface area contributed by atoms with Crippen molar-refractivity contribution in [1.29, 1.82) is 0 Å². The van der Waals surface area contributed by atoms with E-state index in [2.05, 4.69) is 41.8 Å². The van der Waals surface area contributed by atoms with Crippen molar-refractivity contribution >= 4 is 19.1 Å². The highest BCUT2D eigenvalue weighted by atomic mass is 28.3. The normalized spacial score (nSPS) is 15.0. The van der Waals surface area contributed by atoms with Gasteiger partial charge < -0.3 is 9.84 Å². The van der Waals surface area contributed by atoms with Crippen LogP contribution in [0.15, 0.2) is 54.6 Å². The summed E-state index contributed by atoms with van der Waals surface area (Å²) in [7, 11) is -2.09. The summed E-state index contributed by atoms with van der Waals surface area (Å²) < 4.78 is 8.06. The van der Waals surface area contributed by atoms with Crippen molar-refractivity contribution in [2.75, 3.05) is 6.61 Å². The van der Waals surface area contributed by atoms with E-state index in [-0.39, 0.29) is 0 Å². The van der Waals surface area contributed by atoms with E-state index in [0.29, 0.717) is 6.61 Å². The third-order valence-electron chi connectivity index (χ3n) is 4.51. The van der Waals surface area contributed by atoms with Crippen molar-refractivity contribution in [3.05, 3.63) is 60.2 Å². The largest absolute Gasteiger partial charge is 0.376 e. The molecule has 140 valence electrons. The predicted molar refractivity (Wildman–Crippen MR) is 110 cm³/mol. The van der Waals surface area contributed by atoms with Crippen LogP contribution in [0.5, 0.6) is 0 Å². The molecule has 3 rings (SSSR count). The lowest BCUT2D eigenvalue weighted by atomic mass is 10.1. The van der Waals surface area contributed by atoms with Gasteiger partial charge in [0.15, 0.2) is 0 Å². The Kier molecular flexibility index (Phi) is 5.47. The van der Waals surface area contributed by atoms with E-state index >= 15 is 0 Å². The smallest absolute Gasteiger partial charge is 0.206 e. The highest BCUT2D eigenvalue weighted by Gasteiger charge is 2.47. The molecule has 2 unspecified atom stereocenters. The maximum atomic E-state index is 10.6. The van der Waals surface area contributed by atoms with Gasteiger partial charge in [0.05, 0.1) is 5.52 Å². The predicted octanol–water partition coefficient (Wildman–Crippen LogP) is 3.74. The van der Waals surface area contributed by atoms with Crippen LogP contribution in [0.1, 0.15) is 18.6 Å². The summed E-state index contributed by atoms with van der Waals surface area (Å²) in [5, 5.41) is 18.3. The first-order chi connectivity index (χ1) is 12.9. The summed E-state index contributed by atoms with van der Waals surface area (Å²) in [5.74, 6) is 6.28. The summed E-state index contributed by atoms with van der Waals surface area (Å²) in [4.78, 5) is 0. The second-order valence-electron chi connectivity index (χ2n) is 7.40. The molecule has 27 heavy (non-hydrogen) atoms. The van der Waals surface area contributed by atoms with Crippen molar-refractivity contribution in [2.45, 2.75) is 38.0 Å². The van der Waals surface area contributed by atoms with Gasteiger partial charge in [-0.15, -0.1) is 5.10 Å². The molecule has 0 fully saturated rings. The molecular formula is C21H25N3O2Si. The number of fused-ring (bicyclic) bond motifs is 1. The number of hydrogen-bond donors (Lipinski definition) is 1. The van der Waals surface area contributed by atoms with Crippen molar-refractivity contribution in [1.82, 2.24) is 15.0 Å².